The van der Waals surface area contributed by atoms with Gasteiger partial charge >= 0.3 is 12.1 Å². The van der Waals surface area contributed by atoms with Crippen LogP contribution in [0.3, 0.4) is 0 Å². The Kier molecular flexibility index (Phi) is 3.49. The van der Waals surface area contributed by atoms with Crippen LogP contribution in [0.5, 0.6) is 0 Å². The summed E-state index contributed by atoms with van der Waals surface area (Å²) in [6.45, 7) is 7.48. The molecule has 0 aromatic rings. The second kappa shape index (κ2) is 4.69. The molecule has 2 aliphatic heterocycles. The van der Waals surface area contributed by atoms with Gasteiger partial charge in [0.1, 0.15) is 5.60 Å². The van der Waals surface area contributed by atoms with Crippen LogP contribution in [0.2, 0.25) is 0 Å². The zero-order valence-electron chi connectivity index (χ0n) is 12.0. The van der Waals surface area contributed by atoms with Gasteiger partial charge in [0.25, 0.3) is 0 Å². The number of hydrogen-bond donors (Lipinski definition) is 1. The Bertz CT molecular complexity index is 387. The highest BCUT2D eigenvalue weighted by Gasteiger charge is 2.50. The molecule has 2 aliphatic rings. The Morgan fingerprint density at radius 1 is 1.26 bits per heavy atom. The lowest BCUT2D eigenvalue weighted by atomic mass is 9.81. The quantitative estimate of drug-likeness (QED) is 0.794. The third kappa shape index (κ3) is 2.69. The van der Waals surface area contributed by atoms with Crippen LogP contribution in [0.4, 0.5) is 4.79 Å². The van der Waals surface area contributed by atoms with Crippen LogP contribution in [0.25, 0.3) is 0 Å². The van der Waals surface area contributed by atoms with E-state index in [1.54, 1.807) is 4.90 Å². The Labute approximate surface area is 113 Å². The largest absolute Gasteiger partial charge is 0.481 e. The van der Waals surface area contributed by atoms with Crippen LogP contribution in [0.15, 0.2) is 0 Å². The highest BCUT2D eigenvalue weighted by Crippen LogP contribution is 2.43. The van der Waals surface area contributed by atoms with Crippen molar-refractivity contribution in [2.24, 2.45) is 11.8 Å². The lowest BCUT2D eigenvalue weighted by Gasteiger charge is -2.42. The van der Waals surface area contributed by atoms with Gasteiger partial charge < -0.3 is 14.7 Å². The second-order valence-electron chi connectivity index (χ2n) is 6.73. The monoisotopic (exact) mass is 269 g/mol. The zero-order chi connectivity index (χ0) is 14.4. The van der Waals surface area contributed by atoms with Gasteiger partial charge in [-0.3, -0.25) is 4.79 Å². The number of carboxylic acid groups (broad SMARTS) is 1. The SMILES string of the molecule is C[C@H]1[C@@H](C(=O)O)C[C@H]2CC[C@H]1N2C(=O)OC(C)(C)C. The molecule has 0 aliphatic carbocycles. The predicted octanol–water partition coefficient (Wildman–Crippen LogP) is 2.50. The summed E-state index contributed by atoms with van der Waals surface area (Å²) in [7, 11) is 0. The Morgan fingerprint density at radius 3 is 2.42 bits per heavy atom. The molecule has 19 heavy (non-hydrogen) atoms. The maximum absolute atomic E-state index is 12.3. The highest BCUT2D eigenvalue weighted by molar-refractivity contribution is 5.73. The van der Waals surface area contributed by atoms with Crippen LogP contribution in [0.1, 0.15) is 47.0 Å². The molecule has 2 saturated heterocycles. The van der Waals surface area contributed by atoms with Crippen molar-refractivity contribution >= 4 is 12.1 Å². The van der Waals surface area contributed by atoms with Crippen molar-refractivity contribution in [2.75, 3.05) is 0 Å². The van der Waals surface area contributed by atoms with Gasteiger partial charge in [-0.15, -0.1) is 0 Å². The van der Waals surface area contributed by atoms with Crippen LogP contribution < -0.4 is 0 Å². The first kappa shape index (κ1) is 14.2. The summed E-state index contributed by atoms with van der Waals surface area (Å²) in [6.07, 6.45) is 2.02. The molecule has 2 heterocycles. The molecule has 5 heteroatoms. The fraction of sp³-hybridized carbons (Fsp3) is 0.857. The first-order chi connectivity index (χ1) is 8.70. The Balaban J connectivity index is 2.13. The first-order valence-corrected chi connectivity index (χ1v) is 6.95. The van der Waals surface area contributed by atoms with E-state index in [4.69, 9.17) is 4.74 Å². The van der Waals surface area contributed by atoms with Crippen LogP contribution in [0, 0.1) is 11.8 Å². The third-order valence-electron chi connectivity index (χ3n) is 4.24. The third-order valence-corrected chi connectivity index (χ3v) is 4.24. The molecule has 0 radical (unpaired) electrons. The van der Waals surface area contributed by atoms with Gasteiger partial charge in [-0.1, -0.05) is 6.92 Å². The molecule has 0 unspecified atom stereocenters. The predicted molar refractivity (Wildman–Crippen MR) is 69.8 cm³/mol. The smallest absolute Gasteiger partial charge is 0.410 e. The second-order valence-corrected chi connectivity index (χ2v) is 6.73. The van der Waals surface area contributed by atoms with Gasteiger partial charge in [0.15, 0.2) is 0 Å². The molecule has 0 saturated carbocycles. The molecular formula is C14H23NO4. The highest BCUT2D eigenvalue weighted by atomic mass is 16.6. The maximum Gasteiger partial charge on any atom is 0.410 e. The number of carbonyl (C=O) groups is 2. The Morgan fingerprint density at radius 2 is 1.89 bits per heavy atom. The number of carbonyl (C=O) groups excluding carboxylic acids is 1. The number of hydrogen-bond acceptors (Lipinski definition) is 3. The minimum atomic E-state index is -0.742. The first-order valence-electron chi connectivity index (χ1n) is 6.95. The molecule has 5 nitrogen and oxygen atoms in total. The van der Waals surface area contributed by atoms with E-state index in [2.05, 4.69) is 0 Å². The average Bonchev–Trinajstić information content (AvgIpc) is 2.58. The number of amides is 1. The minimum absolute atomic E-state index is 0.00898. The van der Waals surface area contributed by atoms with Crippen LogP contribution in [-0.2, 0) is 9.53 Å². The topological polar surface area (TPSA) is 66.8 Å². The summed E-state index contributed by atoms with van der Waals surface area (Å²) in [5, 5.41) is 9.25. The molecule has 1 amide bonds. The van der Waals surface area contributed by atoms with Gasteiger partial charge in [-0.05, 0) is 46.0 Å². The molecule has 108 valence electrons. The summed E-state index contributed by atoms with van der Waals surface area (Å²) in [4.78, 5) is 25.3. The molecule has 4 atom stereocenters. The summed E-state index contributed by atoms with van der Waals surface area (Å²) in [5.74, 6) is -1.09. The van der Waals surface area contributed by atoms with E-state index in [9.17, 15) is 14.7 Å². The van der Waals surface area contributed by atoms with E-state index in [1.807, 2.05) is 27.7 Å². The van der Waals surface area contributed by atoms with Crippen molar-refractivity contribution in [3.63, 3.8) is 0 Å². The number of piperidine rings is 1. The molecule has 2 bridgehead atoms. The van der Waals surface area contributed by atoms with E-state index in [0.717, 1.165) is 12.8 Å². The average molecular weight is 269 g/mol. The molecule has 0 aromatic carbocycles. The van der Waals surface area contributed by atoms with Crippen molar-refractivity contribution < 1.29 is 19.4 Å². The molecule has 2 fully saturated rings. The number of fused-ring (bicyclic) bond motifs is 2. The normalized spacial score (nSPS) is 34.2. The number of ether oxygens (including phenoxy) is 1. The summed E-state index contributed by atoms with van der Waals surface area (Å²) in [6, 6.07) is 0.0341. The van der Waals surface area contributed by atoms with Crippen molar-refractivity contribution in [1.82, 2.24) is 4.90 Å². The van der Waals surface area contributed by atoms with Gasteiger partial charge in [-0.25, -0.2) is 4.79 Å². The van der Waals surface area contributed by atoms with E-state index >= 15 is 0 Å². The fourth-order valence-electron chi connectivity index (χ4n) is 3.36. The number of carboxylic acids is 1. The van der Waals surface area contributed by atoms with Crippen molar-refractivity contribution in [1.29, 1.82) is 0 Å². The molecular weight excluding hydrogens is 246 g/mol. The van der Waals surface area contributed by atoms with E-state index in [1.165, 1.54) is 0 Å². The van der Waals surface area contributed by atoms with E-state index in [-0.39, 0.29) is 30.0 Å². The van der Waals surface area contributed by atoms with Crippen LogP contribution in [-0.4, -0.2) is 39.8 Å². The minimum Gasteiger partial charge on any atom is -0.481 e. The molecule has 2 rings (SSSR count). The van der Waals surface area contributed by atoms with E-state index in [0.29, 0.717) is 6.42 Å². The van der Waals surface area contributed by atoms with Crippen molar-refractivity contribution in [3.05, 3.63) is 0 Å². The van der Waals surface area contributed by atoms with Gasteiger partial charge in [0.05, 0.1) is 5.92 Å². The number of aliphatic carboxylic acids is 1. The van der Waals surface area contributed by atoms with Gasteiger partial charge in [0, 0.05) is 12.1 Å². The fourth-order valence-corrected chi connectivity index (χ4v) is 3.36. The maximum atomic E-state index is 12.3. The van der Waals surface area contributed by atoms with Crippen molar-refractivity contribution in [2.45, 2.75) is 64.6 Å². The zero-order valence-corrected chi connectivity index (χ0v) is 12.0. The standard InChI is InChI=1S/C14H23NO4/c1-8-10(12(16)17)7-9-5-6-11(8)15(9)13(18)19-14(2,3)4/h8-11H,5-7H2,1-4H3,(H,16,17)/t8-,9+,10-,11+/m0/s1. The Hall–Kier alpha value is -1.26. The number of rotatable bonds is 1. The van der Waals surface area contributed by atoms with Gasteiger partial charge in [0.2, 0.25) is 0 Å². The van der Waals surface area contributed by atoms with Gasteiger partial charge in [-0.2, -0.15) is 0 Å². The summed E-state index contributed by atoms with van der Waals surface area (Å²) < 4.78 is 5.44. The lowest BCUT2D eigenvalue weighted by molar-refractivity contribution is -0.147. The van der Waals surface area contributed by atoms with E-state index < -0.39 is 11.6 Å². The number of nitrogens with zero attached hydrogens (tertiary/aromatic N) is 1. The lowest BCUT2D eigenvalue weighted by Crippen LogP contribution is -2.53. The molecule has 1 N–H and O–H groups in total. The summed E-state index contributed by atoms with van der Waals surface area (Å²) in [5.41, 5.74) is -0.511. The van der Waals surface area contributed by atoms with Crippen LogP contribution >= 0.6 is 0 Å². The summed E-state index contributed by atoms with van der Waals surface area (Å²) >= 11 is 0. The van der Waals surface area contributed by atoms with Crippen molar-refractivity contribution in [3.8, 4) is 0 Å². The molecule has 0 spiro atoms. The molecule has 0 aromatic heterocycles.